The number of carbonyl (C=O) groups is 1. The van der Waals surface area contributed by atoms with Crippen molar-refractivity contribution in [3.8, 4) is 0 Å². The molecule has 1 aromatic carbocycles. The summed E-state index contributed by atoms with van der Waals surface area (Å²) in [6.07, 6.45) is 3.31. The van der Waals surface area contributed by atoms with Crippen LogP contribution >= 0.6 is 0 Å². The van der Waals surface area contributed by atoms with Crippen molar-refractivity contribution in [2.45, 2.75) is 0 Å². The Morgan fingerprint density at radius 1 is 1.00 bits per heavy atom. The Morgan fingerprint density at radius 2 is 1.69 bits per heavy atom. The highest BCUT2D eigenvalue weighted by molar-refractivity contribution is 6.28. The molecular formula is C14H11NO. The molecule has 0 atom stereocenters. The first-order valence-corrected chi connectivity index (χ1v) is 4.98. The Bertz CT molecular complexity index is 453. The highest BCUT2D eigenvalue weighted by Gasteiger charge is 2.11. The smallest absolute Gasteiger partial charge is 0.193 e. The first kappa shape index (κ1) is 10.3. The van der Waals surface area contributed by atoms with Crippen LogP contribution in [0.2, 0.25) is 0 Å². The first-order valence-electron chi connectivity index (χ1n) is 4.98. The van der Waals surface area contributed by atoms with Gasteiger partial charge in [0.1, 0.15) is 0 Å². The average Bonchev–Trinajstić information content (AvgIpc) is 2.39. The predicted molar refractivity (Wildman–Crippen MR) is 64.0 cm³/mol. The summed E-state index contributed by atoms with van der Waals surface area (Å²) in [6.45, 7) is 3.81. The molecule has 1 heterocycles. The van der Waals surface area contributed by atoms with E-state index >= 15 is 0 Å². The Hall–Kier alpha value is -2.22. The summed E-state index contributed by atoms with van der Waals surface area (Å²) in [4.78, 5) is 16.0. The minimum Gasteiger partial charge on any atom is -0.289 e. The van der Waals surface area contributed by atoms with Crippen LogP contribution < -0.4 is 0 Å². The quantitative estimate of drug-likeness (QED) is 0.574. The summed E-state index contributed by atoms with van der Waals surface area (Å²) in [5, 5.41) is 0. The number of allylic oxidation sites excluding steroid dienone is 1. The SMILES string of the molecule is C=C(C(=O)c1ccccc1)c1cccnc1. The maximum absolute atomic E-state index is 12.0. The number of carbonyl (C=O) groups excluding carboxylic acids is 1. The van der Waals surface area contributed by atoms with Crippen LogP contribution in [0.4, 0.5) is 0 Å². The molecule has 0 fully saturated rings. The Labute approximate surface area is 94.3 Å². The number of rotatable bonds is 3. The number of aromatic nitrogens is 1. The van der Waals surface area contributed by atoms with E-state index in [0.29, 0.717) is 11.1 Å². The third-order valence-electron chi connectivity index (χ3n) is 2.32. The molecule has 0 aliphatic heterocycles. The van der Waals surface area contributed by atoms with Crippen LogP contribution in [0.5, 0.6) is 0 Å². The van der Waals surface area contributed by atoms with Gasteiger partial charge >= 0.3 is 0 Å². The molecule has 16 heavy (non-hydrogen) atoms. The molecule has 2 rings (SSSR count). The van der Waals surface area contributed by atoms with Gasteiger partial charge in [0.25, 0.3) is 0 Å². The molecule has 0 N–H and O–H groups in total. The molecule has 0 spiro atoms. The van der Waals surface area contributed by atoms with E-state index in [1.165, 1.54) is 0 Å². The van der Waals surface area contributed by atoms with Gasteiger partial charge in [-0.3, -0.25) is 9.78 Å². The van der Waals surface area contributed by atoms with Gasteiger partial charge in [-0.1, -0.05) is 43.0 Å². The zero-order valence-electron chi connectivity index (χ0n) is 8.76. The van der Waals surface area contributed by atoms with E-state index < -0.39 is 0 Å². The molecule has 0 radical (unpaired) electrons. The summed E-state index contributed by atoms with van der Waals surface area (Å²) in [5.74, 6) is -0.0615. The van der Waals surface area contributed by atoms with E-state index in [1.54, 1.807) is 30.6 Å². The van der Waals surface area contributed by atoms with Gasteiger partial charge in [0.05, 0.1) is 0 Å². The van der Waals surface area contributed by atoms with Crippen LogP contribution in [-0.4, -0.2) is 10.8 Å². The topological polar surface area (TPSA) is 30.0 Å². The summed E-state index contributed by atoms with van der Waals surface area (Å²) in [5.41, 5.74) is 1.88. The second-order valence-electron chi connectivity index (χ2n) is 3.42. The van der Waals surface area contributed by atoms with Crippen LogP contribution in [0.3, 0.4) is 0 Å². The lowest BCUT2D eigenvalue weighted by Crippen LogP contribution is -2.01. The van der Waals surface area contributed by atoms with Gasteiger partial charge in [-0.2, -0.15) is 0 Å². The van der Waals surface area contributed by atoms with E-state index in [9.17, 15) is 4.79 Å². The monoisotopic (exact) mass is 209 g/mol. The lowest BCUT2D eigenvalue weighted by molar-refractivity contribution is 0.105. The minimum atomic E-state index is -0.0615. The molecule has 1 aromatic heterocycles. The summed E-state index contributed by atoms with van der Waals surface area (Å²) in [6, 6.07) is 12.7. The third kappa shape index (κ3) is 2.06. The Balaban J connectivity index is 2.28. The molecule has 0 aliphatic rings. The lowest BCUT2D eigenvalue weighted by Gasteiger charge is -2.04. The highest BCUT2D eigenvalue weighted by Crippen LogP contribution is 2.16. The number of hydrogen-bond acceptors (Lipinski definition) is 2. The molecule has 0 unspecified atom stereocenters. The maximum atomic E-state index is 12.0. The number of nitrogens with zero attached hydrogens (tertiary/aromatic N) is 1. The van der Waals surface area contributed by atoms with Crippen LogP contribution in [0.25, 0.3) is 5.57 Å². The second kappa shape index (κ2) is 4.53. The molecule has 78 valence electrons. The predicted octanol–water partition coefficient (Wildman–Crippen LogP) is 2.98. The van der Waals surface area contributed by atoms with Gasteiger partial charge in [-0.15, -0.1) is 0 Å². The summed E-state index contributed by atoms with van der Waals surface area (Å²) in [7, 11) is 0. The van der Waals surface area contributed by atoms with Crippen molar-refractivity contribution in [2.24, 2.45) is 0 Å². The summed E-state index contributed by atoms with van der Waals surface area (Å²) >= 11 is 0. The van der Waals surface area contributed by atoms with Crippen molar-refractivity contribution in [3.05, 3.63) is 72.6 Å². The van der Waals surface area contributed by atoms with Gasteiger partial charge < -0.3 is 0 Å². The van der Waals surface area contributed by atoms with Gasteiger partial charge in [0.15, 0.2) is 5.78 Å². The molecule has 0 saturated heterocycles. The van der Waals surface area contributed by atoms with Gasteiger partial charge in [-0.25, -0.2) is 0 Å². The van der Waals surface area contributed by atoms with Gasteiger partial charge in [-0.05, 0) is 6.07 Å². The van der Waals surface area contributed by atoms with E-state index in [1.807, 2.05) is 24.3 Å². The number of Topliss-reactive ketones (excluding diaryl/α,β-unsaturated/α-hetero) is 1. The molecule has 0 saturated carbocycles. The zero-order chi connectivity index (χ0) is 11.4. The van der Waals surface area contributed by atoms with E-state index in [-0.39, 0.29) is 5.78 Å². The molecule has 0 amide bonds. The molecule has 2 nitrogen and oxygen atoms in total. The van der Waals surface area contributed by atoms with Crippen molar-refractivity contribution in [3.63, 3.8) is 0 Å². The maximum Gasteiger partial charge on any atom is 0.193 e. The first-order chi connectivity index (χ1) is 7.79. The zero-order valence-corrected chi connectivity index (χ0v) is 8.76. The van der Waals surface area contributed by atoms with Crippen molar-refractivity contribution >= 4 is 11.4 Å². The van der Waals surface area contributed by atoms with Crippen LogP contribution in [0.1, 0.15) is 15.9 Å². The van der Waals surface area contributed by atoms with Crippen molar-refractivity contribution in [1.29, 1.82) is 0 Å². The van der Waals surface area contributed by atoms with Crippen LogP contribution in [-0.2, 0) is 0 Å². The second-order valence-corrected chi connectivity index (χ2v) is 3.42. The van der Waals surface area contributed by atoms with Crippen molar-refractivity contribution < 1.29 is 4.79 Å². The van der Waals surface area contributed by atoms with E-state index in [4.69, 9.17) is 0 Å². The highest BCUT2D eigenvalue weighted by atomic mass is 16.1. The fourth-order valence-corrected chi connectivity index (χ4v) is 1.44. The summed E-state index contributed by atoms with van der Waals surface area (Å²) < 4.78 is 0. The Kier molecular flexibility index (Phi) is 2.92. The van der Waals surface area contributed by atoms with Gasteiger partial charge in [0, 0.05) is 29.1 Å². The fraction of sp³-hybridized carbons (Fsp3) is 0. The van der Waals surface area contributed by atoms with Gasteiger partial charge in [0.2, 0.25) is 0 Å². The molecule has 0 bridgehead atoms. The average molecular weight is 209 g/mol. The van der Waals surface area contributed by atoms with Crippen LogP contribution in [0, 0.1) is 0 Å². The molecule has 2 heteroatoms. The minimum absolute atomic E-state index is 0.0615. The fourth-order valence-electron chi connectivity index (χ4n) is 1.44. The standard InChI is InChI=1S/C14H11NO/c1-11(13-8-5-9-15-10-13)14(16)12-6-3-2-4-7-12/h2-10H,1H2. The number of benzene rings is 1. The lowest BCUT2D eigenvalue weighted by atomic mass is 10.00. The van der Waals surface area contributed by atoms with E-state index in [2.05, 4.69) is 11.6 Å². The third-order valence-corrected chi connectivity index (χ3v) is 2.32. The Morgan fingerprint density at radius 3 is 2.31 bits per heavy atom. The molecule has 2 aromatic rings. The number of ketones is 1. The number of hydrogen-bond donors (Lipinski definition) is 0. The largest absolute Gasteiger partial charge is 0.289 e. The van der Waals surface area contributed by atoms with Crippen molar-refractivity contribution in [2.75, 3.05) is 0 Å². The normalized spacial score (nSPS) is 9.75. The molecular weight excluding hydrogens is 198 g/mol. The number of pyridine rings is 1. The van der Waals surface area contributed by atoms with Crippen LogP contribution in [0.15, 0.2) is 61.4 Å². The van der Waals surface area contributed by atoms with Crippen molar-refractivity contribution in [1.82, 2.24) is 4.98 Å². The molecule has 0 aliphatic carbocycles. The van der Waals surface area contributed by atoms with E-state index in [0.717, 1.165) is 5.56 Å².